The van der Waals surface area contributed by atoms with Crippen LogP contribution in [0.2, 0.25) is 0 Å². The van der Waals surface area contributed by atoms with E-state index in [4.69, 9.17) is 9.47 Å². The molecular formula is C55H92O5. The Kier molecular flexibility index (Phi) is 47.5. The minimum Gasteiger partial charge on any atom is -0.462 e. The van der Waals surface area contributed by atoms with E-state index in [0.717, 1.165) is 70.6 Å². The Balaban J connectivity index is 3.57. The van der Waals surface area contributed by atoms with Gasteiger partial charge in [0.2, 0.25) is 0 Å². The van der Waals surface area contributed by atoms with Crippen molar-refractivity contribution in [2.24, 2.45) is 0 Å². The van der Waals surface area contributed by atoms with Gasteiger partial charge in [0.1, 0.15) is 6.61 Å². The number of aliphatic hydroxyl groups is 1. The summed E-state index contributed by atoms with van der Waals surface area (Å²) in [6.45, 7) is 3.96. The van der Waals surface area contributed by atoms with Gasteiger partial charge in [0.05, 0.1) is 6.61 Å². The number of hydrogen-bond donors (Lipinski definition) is 1. The lowest BCUT2D eigenvalue weighted by Gasteiger charge is -2.15. The Morgan fingerprint density at radius 2 is 0.733 bits per heavy atom. The zero-order chi connectivity index (χ0) is 43.5. The molecule has 0 amide bonds. The Morgan fingerprint density at radius 3 is 1.13 bits per heavy atom. The normalized spacial score (nSPS) is 13.1. The van der Waals surface area contributed by atoms with Gasteiger partial charge in [-0.3, -0.25) is 9.59 Å². The van der Waals surface area contributed by atoms with E-state index in [1.807, 2.05) is 0 Å². The molecule has 1 N–H and O–H groups in total. The van der Waals surface area contributed by atoms with Crippen LogP contribution in [-0.4, -0.2) is 36.4 Å². The van der Waals surface area contributed by atoms with Crippen LogP contribution in [0.15, 0.2) is 97.2 Å². The molecule has 0 heterocycles. The molecule has 0 aliphatic carbocycles. The van der Waals surface area contributed by atoms with Crippen LogP contribution in [0.5, 0.6) is 0 Å². The van der Waals surface area contributed by atoms with E-state index in [-0.39, 0.29) is 31.6 Å². The highest BCUT2D eigenvalue weighted by Gasteiger charge is 2.16. The van der Waals surface area contributed by atoms with Crippen molar-refractivity contribution in [3.63, 3.8) is 0 Å². The van der Waals surface area contributed by atoms with Gasteiger partial charge >= 0.3 is 11.9 Å². The molecule has 0 aliphatic rings. The van der Waals surface area contributed by atoms with Crippen molar-refractivity contribution in [2.45, 2.75) is 225 Å². The SMILES string of the molecule is CC/C=C\C/C=C\C/C=C\C/C=C\C/C=C\CCCC(=O)OC(CO)COC(=O)CCCCCCCCCCCCCCCC/C=C\C/C=C\C/C=C\CCCCCCC. The van der Waals surface area contributed by atoms with Crippen LogP contribution in [0.4, 0.5) is 0 Å². The van der Waals surface area contributed by atoms with Crippen LogP contribution in [-0.2, 0) is 19.1 Å². The highest BCUT2D eigenvalue weighted by Crippen LogP contribution is 2.14. The molecule has 0 aromatic heterocycles. The van der Waals surface area contributed by atoms with Gasteiger partial charge in [-0.15, -0.1) is 0 Å². The molecule has 60 heavy (non-hydrogen) atoms. The van der Waals surface area contributed by atoms with Crippen LogP contribution < -0.4 is 0 Å². The van der Waals surface area contributed by atoms with Crippen molar-refractivity contribution in [3.05, 3.63) is 97.2 Å². The van der Waals surface area contributed by atoms with E-state index in [0.29, 0.717) is 12.8 Å². The second kappa shape index (κ2) is 50.2. The van der Waals surface area contributed by atoms with Gasteiger partial charge in [-0.25, -0.2) is 0 Å². The Morgan fingerprint density at radius 1 is 0.400 bits per heavy atom. The topological polar surface area (TPSA) is 72.8 Å². The molecular weight excluding hydrogens is 741 g/mol. The van der Waals surface area contributed by atoms with Gasteiger partial charge in [-0.2, -0.15) is 0 Å². The number of esters is 2. The van der Waals surface area contributed by atoms with Gasteiger partial charge in [0.25, 0.3) is 0 Å². The standard InChI is InChI=1S/C55H92O5/c1-3-5-7-9-11-13-15-17-19-21-22-23-24-25-26-27-28-29-30-31-32-34-35-37-39-41-43-45-47-49-54(57)59-52-53(51-56)60-55(58)50-48-46-44-42-40-38-36-33-20-18-16-14-12-10-8-6-4-2/h6,8,12,14-15,17-18,20-22,24-25,36,38,42,44,53,56H,3-5,7,9-11,13,16,19,23,26-35,37,39-41,43,45-52H2,1-2H3/b8-6-,14-12-,17-15-,20-18-,22-21-,25-24-,38-36-,44-42-. The zero-order valence-corrected chi connectivity index (χ0v) is 38.9. The average molecular weight is 833 g/mol. The monoisotopic (exact) mass is 833 g/mol. The summed E-state index contributed by atoms with van der Waals surface area (Å²) in [6, 6.07) is 0. The summed E-state index contributed by atoms with van der Waals surface area (Å²) >= 11 is 0. The summed E-state index contributed by atoms with van der Waals surface area (Å²) in [6.07, 6.45) is 70.8. The lowest BCUT2D eigenvalue weighted by atomic mass is 10.0. The van der Waals surface area contributed by atoms with E-state index < -0.39 is 6.10 Å². The number of carbonyl (C=O) groups excluding carboxylic acids is 2. The van der Waals surface area contributed by atoms with E-state index in [9.17, 15) is 14.7 Å². The summed E-state index contributed by atoms with van der Waals surface area (Å²) in [7, 11) is 0. The fourth-order valence-corrected chi connectivity index (χ4v) is 6.66. The summed E-state index contributed by atoms with van der Waals surface area (Å²) < 4.78 is 10.6. The molecule has 342 valence electrons. The Labute approximate surface area is 370 Å². The van der Waals surface area contributed by atoms with Gasteiger partial charge in [0, 0.05) is 12.8 Å². The van der Waals surface area contributed by atoms with Crippen LogP contribution in [0, 0.1) is 0 Å². The number of aliphatic hydroxyl groups excluding tert-OH is 1. The number of ether oxygens (including phenoxy) is 2. The molecule has 0 saturated carbocycles. The lowest BCUT2D eigenvalue weighted by molar-refractivity contribution is -0.161. The molecule has 0 aromatic carbocycles. The fourth-order valence-electron chi connectivity index (χ4n) is 6.66. The van der Waals surface area contributed by atoms with Crippen LogP contribution in [0.25, 0.3) is 0 Å². The minimum atomic E-state index is -0.807. The molecule has 0 saturated heterocycles. The number of allylic oxidation sites excluding steroid dienone is 16. The summed E-state index contributed by atoms with van der Waals surface area (Å²) in [4.78, 5) is 24.4. The molecule has 1 atom stereocenters. The largest absolute Gasteiger partial charge is 0.462 e. The fraction of sp³-hybridized carbons (Fsp3) is 0.673. The average Bonchev–Trinajstić information content (AvgIpc) is 3.25. The van der Waals surface area contributed by atoms with Crippen molar-refractivity contribution < 1.29 is 24.2 Å². The number of unbranched alkanes of at least 4 members (excludes halogenated alkanes) is 20. The maximum Gasteiger partial charge on any atom is 0.306 e. The third-order valence-electron chi connectivity index (χ3n) is 10.4. The summed E-state index contributed by atoms with van der Waals surface area (Å²) in [5.74, 6) is -0.663. The second-order valence-corrected chi connectivity index (χ2v) is 16.2. The highest BCUT2D eigenvalue weighted by atomic mass is 16.6. The maximum atomic E-state index is 12.2. The van der Waals surface area contributed by atoms with Crippen molar-refractivity contribution in [3.8, 4) is 0 Å². The smallest absolute Gasteiger partial charge is 0.306 e. The first kappa shape index (κ1) is 56.8. The number of rotatable bonds is 44. The van der Waals surface area contributed by atoms with Crippen LogP contribution in [0.3, 0.4) is 0 Å². The van der Waals surface area contributed by atoms with Gasteiger partial charge in [0.15, 0.2) is 6.10 Å². The van der Waals surface area contributed by atoms with Gasteiger partial charge < -0.3 is 14.6 Å². The van der Waals surface area contributed by atoms with Gasteiger partial charge in [-0.1, -0.05) is 214 Å². The lowest BCUT2D eigenvalue weighted by Crippen LogP contribution is -2.28. The molecule has 0 radical (unpaired) electrons. The minimum absolute atomic E-state index is 0.0935. The number of carbonyl (C=O) groups is 2. The molecule has 0 rings (SSSR count). The van der Waals surface area contributed by atoms with Crippen molar-refractivity contribution in [2.75, 3.05) is 13.2 Å². The zero-order valence-electron chi connectivity index (χ0n) is 38.9. The van der Waals surface area contributed by atoms with E-state index in [2.05, 4.69) is 111 Å². The summed E-state index contributed by atoms with van der Waals surface area (Å²) in [5.41, 5.74) is 0. The molecule has 0 spiro atoms. The second-order valence-electron chi connectivity index (χ2n) is 16.2. The number of hydrogen-bond acceptors (Lipinski definition) is 5. The predicted molar refractivity (Wildman–Crippen MR) is 260 cm³/mol. The Bertz CT molecular complexity index is 1170. The van der Waals surface area contributed by atoms with E-state index in [1.54, 1.807) is 0 Å². The van der Waals surface area contributed by atoms with Gasteiger partial charge in [-0.05, 0) is 89.9 Å². The molecule has 0 aromatic rings. The summed E-state index contributed by atoms with van der Waals surface area (Å²) in [5, 5.41) is 9.60. The third kappa shape index (κ3) is 47.5. The molecule has 0 aliphatic heterocycles. The quantitative estimate of drug-likeness (QED) is 0.0376. The molecule has 5 nitrogen and oxygen atoms in total. The first-order chi connectivity index (χ1) is 29.6. The van der Waals surface area contributed by atoms with Crippen LogP contribution in [0.1, 0.15) is 219 Å². The third-order valence-corrected chi connectivity index (χ3v) is 10.4. The van der Waals surface area contributed by atoms with Crippen molar-refractivity contribution in [1.29, 1.82) is 0 Å². The molecule has 5 heteroatoms. The van der Waals surface area contributed by atoms with Crippen molar-refractivity contribution >= 4 is 11.9 Å². The first-order valence-electron chi connectivity index (χ1n) is 24.8. The predicted octanol–water partition coefficient (Wildman–Crippen LogP) is 16.4. The first-order valence-corrected chi connectivity index (χ1v) is 24.8. The van der Waals surface area contributed by atoms with Crippen molar-refractivity contribution in [1.82, 2.24) is 0 Å². The highest BCUT2D eigenvalue weighted by molar-refractivity contribution is 5.70. The molecule has 0 fully saturated rings. The van der Waals surface area contributed by atoms with E-state index in [1.165, 1.54) is 116 Å². The molecule has 0 bridgehead atoms. The van der Waals surface area contributed by atoms with E-state index >= 15 is 0 Å². The maximum absolute atomic E-state index is 12.2. The van der Waals surface area contributed by atoms with Crippen LogP contribution >= 0.6 is 0 Å². The Hall–Kier alpha value is -3.18. The molecule has 1 unspecified atom stereocenters.